The largest absolute Gasteiger partial charge is 0.506 e. The second-order valence-corrected chi connectivity index (χ2v) is 6.91. The smallest absolute Gasteiger partial charge is 0.255 e. The summed E-state index contributed by atoms with van der Waals surface area (Å²) in [5.41, 5.74) is 13.2. The molecule has 29 heavy (non-hydrogen) atoms. The van der Waals surface area contributed by atoms with E-state index in [2.05, 4.69) is 20.9 Å². The van der Waals surface area contributed by atoms with E-state index >= 15 is 0 Å². The van der Waals surface area contributed by atoms with Gasteiger partial charge in [0.25, 0.3) is 5.91 Å². The lowest BCUT2D eigenvalue weighted by Gasteiger charge is -2.15. The number of pyridine rings is 1. The minimum atomic E-state index is -0.352. The van der Waals surface area contributed by atoms with Gasteiger partial charge in [0.05, 0.1) is 21.3 Å². The monoisotopic (exact) mass is 455 g/mol. The van der Waals surface area contributed by atoms with E-state index in [1.807, 2.05) is 12.1 Å². The van der Waals surface area contributed by atoms with E-state index in [1.54, 1.807) is 38.5 Å². The molecule has 5 N–H and O–H groups in total. The van der Waals surface area contributed by atoms with E-state index in [0.717, 1.165) is 5.39 Å². The number of nitrogen functional groups attached to an aromatic ring is 2. The molecule has 0 fully saturated rings. The van der Waals surface area contributed by atoms with Gasteiger partial charge in [0.1, 0.15) is 17.3 Å². The first-order valence-electron chi connectivity index (χ1n) is 8.24. The van der Waals surface area contributed by atoms with Gasteiger partial charge in [-0.15, -0.1) is 0 Å². The highest BCUT2D eigenvalue weighted by molar-refractivity contribution is 9.10. The summed E-state index contributed by atoms with van der Waals surface area (Å²) in [6.07, 6.45) is 2.16. The van der Waals surface area contributed by atoms with Crippen molar-refractivity contribution in [1.29, 1.82) is 5.26 Å². The lowest BCUT2D eigenvalue weighted by Crippen LogP contribution is -2.24. The van der Waals surface area contributed by atoms with Gasteiger partial charge in [-0.25, -0.2) is 0 Å². The van der Waals surface area contributed by atoms with Crippen LogP contribution in [-0.4, -0.2) is 41.3 Å². The molecule has 0 aliphatic rings. The van der Waals surface area contributed by atoms with Crippen LogP contribution < -0.4 is 11.5 Å². The first-order valence-corrected chi connectivity index (χ1v) is 9.03. The predicted molar refractivity (Wildman–Crippen MR) is 114 cm³/mol. The highest BCUT2D eigenvalue weighted by atomic mass is 79.9. The van der Waals surface area contributed by atoms with Crippen LogP contribution in [0.3, 0.4) is 0 Å². The van der Waals surface area contributed by atoms with Crippen LogP contribution in [0.15, 0.2) is 41.0 Å². The van der Waals surface area contributed by atoms with Gasteiger partial charge in [-0.3, -0.25) is 14.6 Å². The number of halogens is 1. The molecular formula is C20H18BrN5O3. The summed E-state index contributed by atoms with van der Waals surface area (Å²) >= 11 is 3.15. The standard InChI is InChI=1S/C11H10BrN3O2.C9H8N2O/c1-15(2)11(17)8-7(5-16)3-6(4-13)10(14)9(8)12;10-7-3-4-8(12)9-6(7)2-1-5-11-9/h3,5H,14H2,1-2H3;1-5,12H,10H2. The summed E-state index contributed by atoms with van der Waals surface area (Å²) < 4.78 is 0.275. The Hall–Kier alpha value is -3.64. The molecule has 9 heteroatoms. The number of nitrogens with zero attached hydrogens (tertiary/aromatic N) is 3. The van der Waals surface area contributed by atoms with Crippen LogP contribution in [0.2, 0.25) is 0 Å². The summed E-state index contributed by atoms with van der Waals surface area (Å²) in [7, 11) is 3.13. The summed E-state index contributed by atoms with van der Waals surface area (Å²) in [6, 6.07) is 10.0. The van der Waals surface area contributed by atoms with Crippen molar-refractivity contribution in [3.63, 3.8) is 0 Å². The zero-order valence-electron chi connectivity index (χ0n) is 15.7. The number of nitriles is 1. The molecule has 0 saturated heterocycles. The summed E-state index contributed by atoms with van der Waals surface area (Å²) in [6.45, 7) is 0. The number of benzene rings is 2. The Labute approximate surface area is 175 Å². The number of phenolic OH excluding ortho intramolecular Hbond substituents is 1. The Morgan fingerprint density at radius 1 is 1.31 bits per heavy atom. The van der Waals surface area contributed by atoms with Crippen molar-refractivity contribution >= 4 is 50.4 Å². The van der Waals surface area contributed by atoms with Crippen LogP contribution in [0.4, 0.5) is 11.4 Å². The molecule has 0 aliphatic heterocycles. The maximum Gasteiger partial charge on any atom is 0.255 e. The Morgan fingerprint density at radius 3 is 2.55 bits per heavy atom. The molecule has 0 spiro atoms. The number of anilines is 2. The Balaban J connectivity index is 0.000000218. The number of aromatic hydroxyl groups is 1. The molecule has 1 aromatic heterocycles. The van der Waals surface area contributed by atoms with Crippen LogP contribution in [0, 0.1) is 11.3 Å². The molecule has 0 radical (unpaired) electrons. The van der Waals surface area contributed by atoms with Crippen molar-refractivity contribution in [2.75, 3.05) is 25.6 Å². The molecule has 148 valence electrons. The lowest BCUT2D eigenvalue weighted by molar-refractivity contribution is 0.0823. The normalized spacial score (nSPS) is 9.86. The van der Waals surface area contributed by atoms with Crippen molar-refractivity contribution in [3.05, 3.63) is 57.7 Å². The van der Waals surface area contributed by atoms with Crippen LogP contribution in [0.25, 0.3) is 10.9 Å². The van der Waals surface area contributed by atoms with Gasteiger partial charge in [-0.1, -0.05) is 0 Å². The first-order chi connectivity index (χ1) is 13.7. The number of hydrogen-bond acceptors (Lipinski definition) is 7. The van der Waals surface area contributed by atoms with Gasteiger partial charge in [0, 0.05) is 36.9 Å². The molecule has 8 nitrogen and oxygen atoms in total. The molecule has 1 amide bonds. The summed E-state index contributed by atoms with van der Waals surface area (Å²) in [4.78, 5) is 28.2. The fourth-order valence-electron chi connectivity index (χ4n) is 2.49. The fraction of sp³-hybridized carbons (Fsp3) is 0.100. The molecule has 0 bridgehead atoms. The molecule has 0 atom stereocenters. The number of nitrogens with two attached hydrogens (primary N) is 2. The Morgan fingerprint density at radius 2 is 2.00 bits per heavy atom. The molecule has 0 unspecified atom stereocenters. The van der Waals surface area contributed by atoms with Gasteiger partial charge in [-0.2, -0.15) is 5.26 Å². The Kier molecular flexibility index (Phi) is 6.75. The third kappa shape index (κ3) is 4.44. The maximum absolute atomic E-state index is 11.9. The Bertz CT molecular complexity index is 1100. The van der Waals surface area contributed by atoms with Crippen LogP contribution in [-0.2, 0) is 0 Å². The minimum absolute atomic E-state index is 0.140. The third-order valence-electron chi connectivity index (χ3n) is 3.98. The second-order valence-electron chi connectivity index (χ2n) is 6.12. The van der Waals surface area contributed by atoms with Gasteiger partial charge in [0.15, 0.2) is 6.29 Å². The van der Waals surface area contributed by atoms with Gasteiger partial charge < -0.3 is 21.5 Å². The van der Waals surface area contributed by atoms with Crippen molar-refractivity contribution in [3.8, 4) is 11.8 Å². The van der Waals surface area contributed by atoms with Gasteiger partial charge in [-0.05, 0) is 46.3 Å². The van der Waals surface area contributed by atoms with Crippen molar-refractivity contribution in [2.24, 2.45) is 0 Å². The van der Waals surface area contributed by atoms with Crippen LogP contribution in [0.5, 0.6) is 5.75 Å². The molecule has 2 aromatic carbocycles. The number of aromatic nitrogens is 1. The van der Waals surface area contributed by atoms with Crippen molar-refractivity contribution in [1.82, 2.24) is 9.88 Å². The highest BCUT2D eigenvalue weighted by Gasteiger charge is 2.21. The molecule has 0 aliphatic carbocycles. The average molecular weight is 456 g/mol. The first kappa shape index (κ1) is 21.7. The maximum atomic E-state index is 11.9. The lowest BCUT2D eigenvalue weighted by atomic mass is 10.0. The SMILES string of the molecule is CN(C)C(=O)c1c(C=O)cc(C#N)c(N)c1Br.Nc1ccc(O)c2ncccc12. The number of aldehydes is 1. The minimum Gasteiger partial charge on any atom is -0.506 e. The zero-order chi connectivity index (χ0) is 21.7. The van der Waals surface area contributed by atoms with E-state index in [0.29, 0.717) is 17.5 Å². The fourth-order valence-corrected chi connectivity index (χ4v) is 3.10. The highest BCUT2D eigenvalue weighted by Crippen LogP contribution is 2.30. The number of carbonyl (C=O) groups is 2. The van der Waals surface area contributed by atoms with E-state index < -0.39 is 0 Å². The van der Waals surface area contributed by atoms with Crippen molar-refractivity contribution in [2.45, 2.75) is 0 Å². The zero-order valence-corrected chi connectivity index (χ0v) is 17.3. The number of phenols is 1. The topological polar surface area (TPSA) is 146 Å². The van der Waals surface area contributed by atoms with E-state index in [9.17, 15) is 14.7 Å². The van der Waals surface area contributed by atoms with Gasteiger partial charge >= 0.3 is 0 Å². The second kappa shape index (κ2) is 9.03. The predicted octanol–water partition coefficient (Wildman–Crippen LogP) is 2.94. The molecular weight excluding hydrogens is 438 g/mol. The summed E-state index contributed by atoms with van der Waals surface area (Å²) in [5.74, 6) is -0.185. The molecule has 0 saturated carbocycles. The molecule has 3 rings (SSSR count). The van der Waals surface area contributed by atoms with E-state index in [1.165, 1.54) is 11.0 Å². The molecule has 1 heterocycles. The quantitative estimate of drug-likeness (QED) is 0.305. The van der Waals surface area contributed by atoms with E-state index in [-0.39, 0.29) is 38.5 Å². The van der Waals surface area contributed by atoms with Gasteiger partial charge in [0.2, 0.25) is 0 Å². The summed E-state index contributed by atoms with van der Waals surface area (Å²) in [5, 5.41) is 19.0. The number of hydrogen-bond donors (Lipinski definition) is 3. The third-order valence-corrected chi connectivity index (χ3v) is 4.81. The number of rotatable bonds is 2. The van der Waals surface area contributed by atoms with E-state index in [4.69, 9.17) is 16.7 Å². The van der Waals surface area contributed by atoms with Crippen molar-refractivity contribution < 1.29 is 14.7 Å². The van der Waals surface area contributed by atoms with Crippen LogP contribution in [0.1, 0.15) is 26.3 Å². The number of fused-ring (bicyclic) bond motifs is 1. The number of carbonyl (C=O) groups excluding carboxylic acids is 2. The van der Waals surface area contributed by atoms with Crippen LogP contribution >= 0.6 is 15.9 Å². The number of amides is 1. The molecule has 3 aromatic rings. The average Bonchev–Trinajstić information content (AvgIpc) is 2.72.